The molecular weight excluding hydrogens is 158 g/mol. The molecule has 0 unspecified atom stereocenters. The minimum absolute atomic E-state index is 0.0397. The molecule has 0 saturated heterocycles. The van der Waals surface area contributed by atoms with Gasteiger partial charge in [0, 0.05) is 12.5 Å². The van der Waals surface area contributed by atoms with E-state index in [9.17, 15) is 4.79 Å². The van der Waals surface area contributed by atoms with E-state index in [4.69, 9.17) is 16.8 Å². The van der Waals surface area contributed by atoms with E-state index in [0.717, 1.165) is 6.08 Å². The minimum Gasteiger partial charge on any atom is -0.512 e. The zero-order chi connectivity index (χ0) is 9.56. The van der Waals surface area contributed by atoms with Crippen molar-refractivity contribution >= 4 is 5.78 Å². The predicted molar refractivity (Wildman–Crippen MR) is 43.5 cm³/mol. The number of hydrogen-bond acceptors (Lipinski definition) is 3. The summed E-state index contributed by atoms with van der Waals surface area (Å²) in [6.45, 7) is 7.66. The summed E-state index contributed by atoms with van der Waals surface area (Å²) in [5, 5.41) is 18.0. The highest BCUT2D eigenvalue weighted by Crippen LogP contribution is 2.02. The zero-order valence-corrected chi connectivity index (χ0v) is 6.82. The van der Waals surface area contributed by atoms with E-state index in [-0.39, 0.29) is 24.5 Å². The smallest absolute Gasteiger partial charge is 0.240 e. The Morgan fingerprint density at radius 2 is 2.33 bits per heavy atom. The Kier molecular flexibility index (Phi) is 4.73. The summed E-state index contributed by atoms with van der Waals surface area (Å²) in [6, 6.07) is 0. The zero-order valence-electron chi connectivity index (χ0n) is 6.82. The highest BCUT2D eigenvalue weighted by molar-refractivity contribution is 5.87. The maximum atomic E-state index is 10.4. The van der Waals surface area contributed by atoms with Crippen molar-refractivity contribution in [1.82, 2.24) is 0 Å². The number of hydrogen-bond donors (Lipinski definition) is 2. The summed E-state index contributed by atoms with van der Waals surface area (Å²) < 4.78 is 0. The van der Waals surface area contributed by atoms with E-state index in [1.807, 2.05) is 0 Å². The lowest BCUT2D eigenvalue weighted by atomic mass is 10.2. The second-order valence-electron chi connectivity index (χ2n) is 2.44. The summed E-state index contributed by atoms with van der Waals surface area (Å²) >= 11 is 0. The van der Waals surface area contributed by atoms with Gasteiger partial charge >= 0.3 is 0 Å². The Labute approximate surface area is 71.0 Å². The van der Waals surface area contributed by atoms with Crippen molar-refractivity contribution in [2.45, 2.75) is 19.4 Å². The molecule has 12 heavy (non-hydrogen) atoms. The third-order valence-corrected chi connectivity index (χ3v) is 1.12. The van der Waals surface area contributed by atoms with Gasteiger partial charge < -0.3 is 15.1 Å². The molecule has 0 rings (SSSR count). The van der Waals surface area contributed by atoms with E-state index in [0.29, 0.717) is 0 Å². The van der Waals surface area contributed by atoms with Crippen LogP contribution in [0.1, 0.15) is 13.3 Å². The lowest BCUT2D eigenvalue weighted by molar-refractivity contribution is -0.112. The van der Waals surface area contributed by atoms with Crippen LogP contribution < -0.4 is 0 Å². The number of aliphatic hydroxyl groups excluding tert-OH is 2. The summed E-state index contributed by atoms with van der Waals surface area (Å²) in [6.07, 6.45) is 0.105. The largest absolute Gasteiger partial charge is 0.512 e. The number of allylic oxidation sites excluding steroid dienone is 1. The van der Waals surface area contributed by atoms with Crippen molar-refractivity contribution in [2.75, 3.05) is 6.54 Å². The van der Waals surface area contributed by atoms with E-state index < -0.39 is 6.10 Å². The Morgan fingerprint density at radius 3 is 2.75 bits per heavy atom. The summed E-state index contributed by atoms with van der Waals surface area (Å²) in [5.74, 6) is -0.457. The molecule has 0 aliphatic heterocycles. The Morgan fingerprint density at radius 1 is 1.75 bits per heavy atom. The van der Waals surface area contributed by atoms with Crippen LogP contribution in [0.2, 0.25) is 0 Å². The van der Waals surface area contributed by atoms with Crippen molar-refractivity contribution in [3.8, 4) is 0 Å². The number of nitrogens with zero attached hydrogens (tertiary/aromatic N) is 1. The van der Waals surface area contributed by atoms with E-state index >= 15 is 0 Å². The Bertz CT molecular complexity index is 227. The van der Waals surface area contributed by atoms with Gasteiger partial charge in [-0.25, -0.2) is 6.57 Å². The summed E-state index contributed by atoms with van der Waals surface area (Å²) in [4.78, 5) is 13.4. The van der Waals surface area contributed by atoms with E-state index in [1.165, 1.54) is 6.92 Å². The van der Waals surface area contributed by atoms with Gasteiger partial charge in [0.05, 0.1) is 5.76 Å². The van der Waals surface area contributed by atoms with Crippen molar-refractivity contribution in [3.63, 3.8) is 0 Å². The molecule has 0 aromatic carbocycles. The number of carbonyl (C=O) groups is 1. The number of rotatable bonds is 4. The maximum Gasteiger partial charge on any atom is 0.240 e. The minimum atomic E-state index is -0.891. The molecule has 0 spiro atoms. The molecule has 0 amide bonds. The molecule has 2 N–H and O–H groups in total. The van der Waals surface area contributed by atoms with Crippen LogP contribution in [-0.4, -0.2) is 28.6 Å². The van der Waals surface area contributed by atoms with Gasteiger partial charge in [-0.1, -0.05) is 0 Å². The number of carbonyl (C=O) groups excluding carboxylic acids is 1. The van der Waals surface area contributed by atoms with Crippen molar-refractivity contribution < 1.29 is 15.0 Å². The quantitative estimate of drug-likeness (QED) is 0.369. The van der Waals surface area contributed by atoms with Crippen LogP contribution in [0.4, 0.5) is 0 Å². The average molecular weight is 169 g/mol. The van der Waals surface area contributed by atoms with Crippen LogP contribution in [-0.2, 0) is 4.79 Å². The fourth-order valence-corrected chi connectivity index (χ4v) is 0.705. The van der Waals surface area contributed by atoms with Gasteiger partial charge in [-0.05, 0) is 6.92 Å². The fourth-order valence-electron chi connectivity index (χ4n) is 0.705. The molecule has 0 aromatic heterocycles. The molecule has 4 heteroatoms. The van der Waals surface area contributed by atoms with Gasteiger partial charge in [-0.15, -0.1) is 0 Å². The first-order valence-corrected chi connectivity index (χ1v) is 3.47. The van der Waals surface area contributed by atoms with E-state index in [2.05, 4.69) is 4.85 Å². The monoisotopic (exact) mass is 169 g/mol. The predicted octanol–water partition coefficient (Wildman–Crippen LogP) is 0.688. The van der Waals surface area contributed by atoms with Gasteiger partial charge in [0.2, 0.25) is 6.54 Å². The first kappa shape index (κ1) is 10.7. The third kappa shape index (κ3) is 5.45. The summed E-state index contributed by atoms with van der Waals surface area (Å²) in [7, 11) is 0. The first-order valence-electron chi connectivity index (χ1n) is 3.47. The fraction of sp³-hybridized carbons (Fsp3) is 0.500. The SMILES string of the molecule is [C-]#[N+]C[C@@H](O)C/C(O)=C/C(C)=O. The molecule has 0 aliphatic rings. The topological polar surface area (TPSA) is 61.9 Å². The van der Waals surface area contributed by atoms with Crippen LogP contribution >= 0.6 is 0 Å². The van der Waals surface area contributed by atoms with Crippen molar-refractivity contribution in [2.24, 2.45) is 0 Å². The van der Waals surface area contributed by atoms with Crippen LogP contribution in [0.25, 0.3) is 4.85 Å². The lowest BCUT2D eigenvalue weighted by Crippen LogP contribution is -2.10. The van der Waals surface area contributed by atoms with Gasteiger partial charge in [0.15, 0.2) is 5.78 Å². The second-order valence-corrected chi connectivity index (χ2v) is 2.44. The Hall–Kier alpha value is -1.34. The maximum absolute atomic E-state index is 10.4. The number of ketones is 1. The normalized spacial score (nSPS) is 13.6. The van der Waals surface area contributed by atoms with E-state index in [1.54, 1.807) is 0 Å². The molecule has 0 saturated carbocycles. The molecule has 0 aromatic rings. The molecule has 0 bridgehead atoms. The summed E-state index contributed by atoms with van der Waals surface area (Å²) in [5.41, 5.74) is 0. The van der Waals surface area contributed by atoms with Crippen molar-refractivity contribution in [1.29, 1.82) is 0 Å². The van der Waals surface area contributed by atoms with Gasteiger partial charge in [-0.3, -0.25) is 4.79 Å². The molecule has 1 atom stereocenters. The molecule has 4 nitrogen and oxygen atoms in total. The number of aliphatic hydroxyl groups is 2. The third-order valence-electron chi connectivity index (χ3n) is 1.12. The lowest BCUT2D eigenvalue weighted by Gasteiger charge is -2.01. The van der Waals surface area contributed by atoms with Crippen LogP contribution in [0.3, 0.4) is 0 Å². The first-order chi connectivity index (χ1) is 5.56. The standard InChI is InChI=1S/C8H11NO3/c1-6(10)3-7(11)4-8(12)5-9-2/h3,8,11-12H,4-5H2,1H3/b7-3-/t8-/m0/s1. The molecule has 0 heterocycles. The van der Waals surface area contributed by atoms with Crippen molar-refractivity contribution in [3.05, 3.63) is 23.3 Å². The molecule has 66 valence electrons. The van der Waals surface area contributed by atoms with Crippen LogP contribution in [0.15, 0.2) is 11.8 Å². The Balaban J connectivity index is 3.93. The highest BCUT2D eigenvalue weighted by atomic mass is 16.3. The van der Waals surface area contributed by atoms with Crippen LogP contribution in [0, 0.1) is 6.57 Å². The molecular formula is C8H11NO3. The second kappa shape index (κ2) is 5.33. The van der Waals surface area contributed by atoms with Crippen LogP contribution in [0.5, 0.6) is 0 Å². The average Bonchev–Trinajstić information content (AvgIpc) is 1.84. The molecule has 0 aliphatic carbocycles. The molecule has 0 radical (unpaired) electrons. The van der Waals surface area contributed by atoms with Gasteiger partial charge in [0.1, 0.15) is 6.10 Å². The van der Waals surface area contributed by atoms with Gasteiger partial charge in [0.25, 0.3) is 0 Å². The molecule has 0 fully saturated rings. The van der Waals surface area contributed by atoms with Gasteiger partial charge in [-0.2, -0.15) is 0 Å². The highest BCUT2D eigenvalue weighted by Gasteiger charge is 2.09.